The van der Waals surface area contributed by atoms with E-state index in [2.05, 4.69) is 20.4 Å². The molecule has 16 heteroatoms. The summed E-state index contributed by atoms with van der Waals surface area (Å²) in [5, 5.41) is 8.07. The number of nitrogens with zero attached hydrogens (tertiary/aromatic N) is 6. The van der Waals surface area contributed by atoms with Gasteiger partial charge in [0.15, 0.2) is 11.9 Å². The van der Waals surface area contributed by atoms with Gasteiger partial charge in [-0.15, -0.1) is 0 Å². The Morgan fingerprint density at radius 3 is 2.70 bits per heavy atom. The zero-order chi connectivity index (χ0) is 28.8. The molecule has 1 saturated heterocycles. The Kier molecular flexibility index (Phi) is 7.35. The minimum atomic E-state index is -5.13. The highest BCUT2D eigenvalue weighted by Crippen LogP contribution is 2.39. The molecule has 0 saturated carbocycles. The quantitative estimate of drug-likeness (QED) is 0.414. The van der Waals surface area contributed by atoms with Gasteiger partial charge in [-0.3, -0.25) is 4.90 Å². The van der Waals surface area contributed by atoms with Gasteiger partial charge in [-0.25, -0.2) is 22.9 Å². The standard InChI is InChI=1S/C24H28F3N7O5S/c1-32-8-6-14-9-19(38-2)18(10-17(14)21(32)39-22(35)24(25,26)27)30-23-28-11-15-12-29-33(20(15)31-23)13-16-5-4-7-34(16)40(3,36)37/h9-12,16,21H,4-8,13H2,1-3H3,(H,28,30,31)/t16?,21-/m1/s1. The van der Waals surface area contributed by atoms with E-state index in [9.17, 15) is 26.4 Å². The second kappa shape index (κ2) is 10.5. The molecule has 2 atom stereocenters. The Hall–Kier alpha value is -3.50. The van der Waals surface area contributed by atoms with Crippen molar-refractivity contribution >= 4 is 38.7 Å². The molecule has 1 unspecified atom stereocenters. The maximum atomic E-state index is 13.0. The normalized spacial score (nSPS) is 20.4. The van der Waals surface area contributed by atoms with Crippen LogP contribution in [0.3, 0.4) is 0 Å². The highest BCUT2D eigenvalue weighted by molar-refractivity contribution is 7.88. The van der Waals surface area contributed by atoms with Crippen molar-refractivity contribution in [3.8, 4) is 5.75 Å². The molecule has 0 radical (unpaired) electrons. The summed E-state index contributed by atoms with van der Waals surface area (Å²) in [4.78, 5) is 22.1. The van der Waals surface area contributed by atoms with E-state index in [1.54, 1.807) is 36.3 Å². The number of nitrogens with one attached hydrogen (secondary N) is 1. The fourth-order valence-electron chi connectivity index (χ4n) is 5.13. The fraction of sp³-hybridized carbons (Fsp3) is 0.500. The van der Waals surface area contributed by atoms with Gasteiger partial charge in [0.1, 0.15) is 5.75 Å². The highest BCUT2D eigenvalue weighted by Gasteiger charge is 2.44. The van der Waals surface area contributed by atoms with E-state index >= 15 is 0 Å². The van der Waals surface area contributed by atoms with Gasteiger partial charge in [0.25, 0.3) is 0 Å². The van der Waals surface area contributed by atoms with E-state index in [0.29, 0.717) is 66.1 Å². The number of hydrogen-bond acceptors (Lipinski definition) is 10. The lowest BCUT2D eigenvalue weighted by molar-refractivity contribution is -0.213. The number of esters is 1. The first-order chi connectivity index (χ1) is 18.8. The summed E-state index contributed by atoms with van der Waals surface area (Å²) >= 11 is 0. The summed E-state index contributed by atoms with van der Waals surface area (Å²) in [6, 6.07) is 2.99. The number of benzene rings is 1. The molecule has 3 aromatic rings. The topological polar surface area (TPSA) is 132 Å². The monoisotopic (exact) mass is 583 g/mol. The number of methoxy groups -OCH3 is 1. The Morgan fingerprint density at radius 2 is 2.00 bits per heavy atom. The van der Waals surface area contributed by atoms with Gasteiger partial charge in [-0.05, 0) is 44.0 Å². The van der Waals surface area contributed by atoms with Crippen LogP contribution in [0, 0.1) is 0 Å². The number of likely N-dealkylation sites (N-methyl/N-ethyl adjacent to an activating group) is 1. The molecule has 216 valence electrons. The smallest absolute Gasteiger partial charge is 0.490 e. The van der Waals surface area contributed by atoms with E-state index in [-0.39, 0.29) is 12.0 Å². The van der Waals surface area contributed by atoms with Crippen molar-refractivity contribution in [3.05, 3.63) is 35.7 Å². The summed E-state index contributed by atoms with van der Waals surface area (Å²) < 4.78 is 76.6. The third-order valence-corrected chi connectivity index (χ3v) is 8.40. The number of rotatable bonds is 7. The zero-order valence-electron chi connectivity index (χ0n) is 22.0. The number of hydrogen-bond donors (Lipinski definition) is 1. The minimum absolute atomic E-state index is 0.159. The molecule has 2 aliphatic heterocycles. The molecule has 0 bridgehead atoms. The van der Waals surface area contributed by atoms with Crippen LogP contribution in [0.15, 0.2) is 24.5 Å². The lowest BCUT2D eigenvalue weighted by Crippen LogP contribution is -2.38. The van der Waals surface area contributed by atoms with Crippen LogP contribution in [-0.4, -0.2) is 89.1 Å². The van der Waals surface area contributed by atoms with E-state index in [4.69, 9.17) is 9.47 Å². The van der Waals surface area contributed by atoms with Crippen LogP contribution in [-0.2, 0) is 32.5 Å². The van der Waals surface area contributed by atoms with Gasteiger partial charge in [0.05, 0.1) is 37.2 Å². The first-order valence-corrected chi connectivity index (χ1v) is 14.3. The molecule has 2 aliphatic rings. The summed E-state index contributed by atoms with van der Waals surface area (Å²) in [6.07, 6.45) is -0.0767. The molecule has 0 amide bonds. The van der Waals surface area contributed by atoms with Gasteiger partial charge < -0.3 is 14.8 Å². The van der Waals surface area contributed by atoms with Crippen molar-refractivity contribution in [2.24, 2.45) is 0 Å². The molecule has 4 heterocycles. The number of ether oxygens (including phenoxy) is 2. The number of carbonyl (C=O) groups excluding carboxylic acids is 1. The second-order valence-electron chi connectivity index (χ2n) is 9.83. The summed E-state index contributed by atoms with van der Waals surface area (Å²) in [6.45, 7) is 1.14. The predicted octanol–water partition coefficient (Wildman–Crippen LogP) is 2.59. The lowest BCUT2D eigenvalue weighted by Gasteiger charge is -2.34. The number of aromatic nitrogens is 4. The fourth-order valence-corrected chi connectivity index (χ4v) is 6.31. The Labute approximate surface area is 228 Å². The van der Waals surface area contributed by atoms with Crippen LogP contribution < -0.4 is 10.1 Å². The van der Waals surface area contributed by atoms with Crippen molar-refractivity contribution in [2.75, 3.05) is 38.8 Å². The average Bonchev–Trinajstić information content (AvgIpc) is 3.52. The molecule has 40 heavy (non-hydrogen) atoms. The molecule has 2 aromatic heterocycles. The van der Waals surface area contributed by atoms with Gasteiger partial charge in [-0.1, -0.05) is 0 Å². The van der Waals surface area contributed by atoms with Gasteiger partial charge in [0.2, 0.25) is 16.0 Å². The minimum Gasteiger partial charge on any atom is -0.495 e. The lowest BCUT2D eigenvalue weighted by atomic mass is 9.97. The van der Waals surface area contributed by atoms with E-state index < -0.39 is 28.4 Å². The number of sulfonamides is 1. The molecular weight excluding hydrogens is 555 g/mol. The number of anilines is 2. The third-order valence-electron chi connectivity index (χ3n) is 7.07. The van der Waals surface area contributed by atoms with Crippen LogP contribution in [0.1, 0.15) is 30.2 Å². The van der Waals surface area contributed by atoms with Gasteiger partial charge in [0, 0.05) is 30.9 Å². The molecule has 5 rings (SSSR count). The van der Waals surface area contributed by atoms with Crippen LogP contribution in [0.2, 0.25) is 0 Å². The highest BCUT2D eigenvalue weighted by atomic mass is 32.2. The van der Waals surface area contributed by atoms with Crippen LogP contribution >= 0.6 is 0 Å². The van der Waals surface area contributed by atoms with Gasteiger partial charge >= 0.3 is 12.1 Å². The van der Waals surface area contributed by atoms with Gasteiger partial charge in [-0.2, -0.15) is 27.6 Å². The maximum absolute atomic E-state index is 13.0. The van der Waals surface area contributed by atoms with Crippen molar-refractivity contribution in [2.45, 2.75) is 44.3 Å². The molecule has 1 fully saturated rings. The largest absolute Gasteiger partial charge is 0.495 e. The van der Waals surface area contributed by atoms with Crippen LogP contribution in [0.4, 0.5) is 24.8 Å². The van der Waals surface area contributed by atoms with Crippen molar-refractivity contribution < 1.29 is 35.9 Å². The molecule has 0 spiro atoms. The van der Waals surface area contributed by atoms with Crippen molar-refractivity contribution in [3.63, 3.8) is 0 Å². The summed E-state index contributed by atoms with van der Waals surface area (Å²) in [5.74, 6) is -1.72. The molecule has 1 aromatic carbocycles. The van der Waals surface area contributed by atoms with E-state index in [1.807, 2.05) is 0 Å². The first kappa shape index (κ1) is 28.0. The Bertz CT molecular complexity index is 1550. The zero-order valence-corrected chi connectivity index (χ0v) is 22.8. The number of halogens is 3. The van der Waals surface area contributed by atoms with Crippen molar-refractivity contribution in [1.82, 2.24) is 29.0 Å². The molecule has 12 nitrogen and oxygen atoms in total. The van der Waals surface area contributed by atoms with E-state index in [1.165, 1.54) is 22.6 Å². The Balaban J connectivity index is 1.45. The summed E-state index contributed by atoms with van der Waals surface area (Å²) in [7, 11) is -0.334. The van der Waals surface area contributed by atoms with Crippen LogP contribution in [0.5, 0.6) is 5.75 Å². The van der Waals surface area contributed by atoms with Crippen molar-refractivity contribution in [1.29, 1.82) is 0 Å². The van der Waals surface area contributed by atoms with Crippen LogP contribution in [0.25, 0.3) is 11.0 Å². The Morgan fingerprint density at radius 1 is 1.23 bits per heavy atom. The first-order valence-electron chi connectivity index (χ1n) is 12.5. The molecular formula is C24H28F3N7O5S. The second-order valence-corrected chi connectivity index (χ2v) is 11.8. The maximum Gasteiger partial charge on any atom is 0.490 e. The molecule has 1 N–H and O–H groups in total. The predicted molar refractivity (Wildman–Crippen MR) is 137 cm³/mol. The number of alkyl halides is 3. The van der Waals surface area contributed by atoms with E-state index in [0.717, 1.165) is 6.42 Å². The number of fused-ring (bicyclic) bond motifs is 2. The SMILES string of the molecule is COc1cc2c(cc1Nc1ncc3cnn(CC4CCCN4S(C)(=O)=O)c3n1)[C@@H](OC(=O)C(F)(F)F)N(C)CC2. The molecule has 0 aliphatic carbocycles. The number of carbonyl (C=O) groups is 1. The summed E-state index contributed by atoms with van der Waals surface area (Å²) in [5.41, 5.74) is 1.89. The average molecular weight is 584 g/mol. The third kappa shape index (κ3) is 5.55.